The molecule has 28 heavy (non-hydrogen) atoms. The summed E-state index contributed by atoms with van der Waals surface area (Å²) in [7, 11) is 3.31. The van der Waals surface area contributed by atoms with Crippen LogP contribution >= 0.6 is 11.3 Å². The van der Waals surface area contributed by atoms with Gasteiger partial charge in [-0.1, -0.05) is 0 Å². The van der Waals surface area contributed by atoms with Gasteiger partial charge in [0.25, 0.3) is 5.91 Å². The first-order valence-corrected chi connectivity index (χ1v) is 9.37. The van der Waals surface area contributed by atoms with Gasteiger partial charge in [-0.05, 0) is 31.2 Å². The van der Waals surface area contributed by atoms with E-state index >= 15 is 0 Å². The van der Waals surface area contributed by atoms with Crippen LogP contribution in [0, 0.1) is 12.7 Å². The molecule has 0 saturated heterocycles. The third kappa shape index (κ3) is 3.34. The largest absolute Gasteiger partial charge is 0.345 e. The maximum atomic E-state index is 13.7. The molecular weight excluding hydrogens is 377 g/mol. The smallest absolute Gasteiger partial charge is 0.254 e. The molecule has 0 atom stereocenters. The van der Waals surface area contributed by atoms with Crippen molar-refractivity contribution in [1.82, 2.24) is 24.8 Å². The molecule has 0 bridgehead atoms. The monoisotopic (exact) mass is 393 g/mol. The van der Waals surface area contributed by atoms with Gasteiger partial charge in [-0.15, -0.1) is 11.3 Å². The summed E-state index contributed by atoms with van der Waals surface area (Å²) in [5.74, 6) is -0.114. The Morgan fingerprint density at radius 3 is 2.46 bits per heavy atom. The minimum Gasteiger partial charge on any atom is -0.345 e. The number of fused-ring (bicyclic) bond motifs is 1. The normalized spacial score (nSPS) is 11.0. The van der Waals surface area contributed by atoms with Gasteiger partial charge < -0.3 is 4.90 Å². The second kappa shape index (κ2) is 7.05. The second-order valence-electron chi connectivity index (χ2n) is 6.46. The summed E-state index contributed by atoms with van der Waals surface area (Å²) in [5.41, 5.74) is 2.84. The highest BCUT2D eigenvalue weighted by atomic mass is 32.1. The molecule has 6 nitrogen and oxygen atoms in total. The van der Waals surface area contributed by atoms with E-state index < -0.39 is 5.82 Å². The SMILES string of the molecule is Cc1nc(-c2ncc(-c3cc(C(=O)N(C)C)c4cc(F)ccc4n3)cn2)cs1. The number of aryl methyl sites for hydroxylation is 1. The van der Waals surface area contributed by atoms with E-state index in [-0.39, 0.29) is 5.91 Å². The Morgan fingerprint density at radius 1 is 1.07 bits per heavy atom. The summed E-state index contributed by atoms with van der Waals surface area (Å²) >= 11 is 1.53. The molecule has 0 radical (unpaired) electrons. The number of hydrogen-bond donors (Lipinski definition) is 0. The molecule has 4 aromatic rings. The highest BCUT2D eigenvalue weighted by Crippen LogP contribution is 2.26. The maximum absolute atomic E-state index is 13.7. The fourth-order valence-corrected chi connectivity index (χ4v) is 3.41. The Labute approximate surface area is 164 Å². The minimum absolute atomic E-state index is 0.227. The molecule has 0 spiro atoms. The molecule has 8 heteroatoms. The number of rotatable bonds is 3. The van der Waals surface area contributed by atoms with Crippen molar-refractivity contribution in [2.24, 2.45) is 0 Å². The molecule has 1 amide bonds. The van der Waals surface area contributed by atoms with E-state index in [1.54, 1.807) is 38.6 Å². The van der Waals surface area contributed by atoms with Gasteiger partial charge in [-0.25, -0.2) is 24.3 Å². The van der Waals surface area contributed by atoms with Gasteiger partial charge in [0, 0.05) is 42.8 Å². The number of nitrogens with zero attached hydrogens (tertiary/aromatic N) is 5. The van der Waals surface area contributed by atoms with Gasteiger partial charge in [0.15, 0.2) is 5.82 Å². The quantitative estimate of drug-likeness (QED) is 0.527. The van der Waals surface area contributed by atoms with E-state index in [9.17, 15) is 9.18 Å². The first-order valence-electron chi connectivity index (χ1n) is 8.49. The molecular formula is C20H16FN5OS. The van der Waals surface area contributed by atoms with Crippen molar-refractivity contribution < 1.29 is 9.18 Å². The lowest BCUT2D eigenvalue weighted by Crippen LogP contribution is -2.22. The molecule has 0 N–H and O–H groups in total. The zero-order valence-electron chi connectivity index (χ0n) is 15.5. The van der Waals surface area contributed by atoms with Gasteiger partial charge in [0.2, 0.25) is 0 Å². The van der Waals surface area contributed by atoms with Crippen molar-refractivity contribution in [3.63, 3.8) is 0 Å². The van der Waals surface area contributed by atoms with Crippen LogP contribution in [-0.2, 0) is 0 Å². The number of benzene rings is 1. The molecule has 4 rings (SSSR count). The van der Waals surface area contributed by atoms with Crippen molar-refractivity contribution in [2.75, 3.05) is 14.1 Å². The van der Waals surface area contributed by atoms with E-state index in [1.165, 1.54) is 28.4 Å². The van der Waals surface area contributed by atoms with Crippen LogP contribution in [0.1, 0.15) is 15.4 Å². The van der Waals surface area contributed by atoms with Crippen molar-refractivity contribution >= 4 is 28.1 Å². The highest BCUT2D eigenvalue weighted by molar-refractivity contribution is 7.09. The van der Waals surface area contributed by atoms with Crippen molar-refractivity contribution in [2.45, 2.75) is 6.92 Å². The standard InChI is InChI=1S/C20H16FN5OS/c1-11-24-18(10-28-11)19-22-8-12(9-23-19)17-7-15(20(27)26(2)3)14-6-13(21)4-5-16(14)25-17/h4-10H,1-3H3. The second-order valence-corrected chi connectivity index (χ2v) is 7.53. The van der Waals surface area contributed by atoms with Crippen molar-refractivity contribution in [3.8, 4) is 22.8 Å². The summed E-state index contributed by atoms with van der Waals surface area (Å²) in [4.78, 5) is 31.8. The average molecular weight is 393 g/mol. The number of carbonyl (C=O) groups excluding carboxylic acids is 1. The summed E-state index contributed by atoms with van der Waals surface area (Å²) in [6.45, 7) is 1.92. The number of carbonyl (C=O) groups is 1. The number of hydrogen-bond acceptors (Lipinski definition) is 6. The first-order chi connectivity index (χ1) is 13.4. The number of pyridine rings is 1. The van der Waals surface area contributed by atoms with Crippen molar-refractivity contribution in [3.05, 3.63) is 58.4 Å². The maximum Gasteiger partial charge on any atom is 0.254 e. The Morgan fingerprint density at radius 2 is 1.82 bits per heavy atom. The molecule has 0 aliphatic carbocycles. The van der Waals surface area contributed by atoms with Crippen molar-refractivity contribution in [1.29, 1.82) is 0 Å². The fourth-order valence-electron chi connectivity index (χ4n) is 2.82. The number of amides is 1. The van der Waals surface area contributed by atoms with Crippen LogP contribution in [0.4, 0.5) is 4.39 Å². The molecule has 0 fully saturated rings. The third-order valence-electron chi connectivity index (χ3n) is 4.20. The van der Waals surface area contributed by atoms with E-state index in [0.29, 0.717) is 33.5 Å². The number of aromatic nitrogens is 4. The predicted octanol–water partition coefficient (Wildman–Crippen LogP) is 3.96. The summed E-state index contributed by atoms with van der Waals surface area (Å²) in [5, 5.41) is 3.32. The summed E-state index contributed by atoms with van der Waals surface area (Å²) in [6.07, 6.45) is 3.30. The molecule has 0 aliphatic heterocycles. The molecule has 0 unspecified atom stereocenters. The predicted molar refractivity (Wildman–Crippen MR) is 107 cm³/mol. The molecule has 3 heterocycles. The highest BCUT2D eigenvalue weighted by Gasteiger charge is 2.17. The summed E-state index contributed by atoms with van der Waals surface area (Å²) in [6, 6.07) is 5.86. The van der Waals surface area contributed by atoms with Gasteiger partial charge in [-0.2, -0.15) is 0 Å². The van der Waals surface area contributed by atoms with Crippen LogP contribution in [0.2, 0.25) is 0 Å². The van der Waals surface area contributed by atoms with Crippen LogP contribution in [0.15, 0.2) is 42.0 Å². The first kappa shape index (κ1) is 18.1. The molecule has 140 valence electrons. The van der Waals surface area contributed by atoms with Crippen LogP contribution in [0.5, 0.6) is 0 Å². The number of thiazole rings is 1. The van der Waals surface area contributed by atoms with Gasteiger partial charge in [-0.3, -0.25) is 4.79 Å². The lowest BCUT2D eigenvalue weighted by atomic mass is 10.0. The van der Waals surface area contributed by atoms with Crippen LogP contribution in [-0.4, -0.2) is 44.8 Å². The Balaban J connectivity index is 1.82. The van der Waals surface area contributed by atoms with E-state index in [4.69, 9.17) is 0 Å². The van der Waals surface area contributed by atoms with Crippen LogP contribution < -0.4 is 0 Å². The van der Waals surface area contributed by atoms with Gasteiger partial charge in [0.05, 0.1) is 21.8 Å². The lowest BCUT2D eigenvalue weighted by Gasteiger charge is -2.14. The number of halogens is 1. The minimum atomic E-state index is -0.416. The van der Waals surface area contributed by atoms with E-state index in [2.05, 4.69) is 19.9 Å². The topological polar surface area (TPSA) is 71.9 Å². The Hall–Kier alpha value is -3.26. The zero-order valence-corrected chi connectivity index (χ0v) is 16.3. The van der Waals surface area contributed by atoms with E-state index in [0.717, 1.165) is 10.7 Å². The lowest BCUT2D eigenvalue weighted by molar-refractivity contribution is 0.0829. The zero-order chi connectivity index (χ0) is 19.8. The fraction of sp³-hybridized carbons (Fsp3) is 0.150. The van der Waals surface area contributed by atoms with Crippen LogP contribution in [0.3, 0.4) is 0 Å². The third-order valence-corrected chi connectivity index (χ3v) is 4.98. The molecule has 1 aromatic carbocycles. The average Bonchev–Trinajstić information content (AvgIpc) is 3.13. The molecule has 3 aromatic heterocycles. The van der Waals surface area contributed by atoms with Crippen LogP contribution in [0.25, 0.3) is 33.7 Å². The van der Waals surface area contributed by atoms with Gasteiger partial charge >= 0.3 is 0 Å². The summed E-state index contributed by atoms with van der Waals surface area (Å²) < 4.78 is 13.7. The molecule has 0 aliphatic rings. The van der Waals surface area contributed by atoms with E-state index in [1.807, 2.05) is 12.3 Å². The molecule has 0 saturated carbocycles. The van der Waals surface area contributed by atoms with Gasteiger partial charge in [0.1, 0.15) is 11.5 Å². The Kier molecular flexibility index (Phi) is 4.56. The Bertz CT molecular complexity index is 1190.